The van der Waals surface area contributed by atoms with E-state index in [0.29, 0.717) is 0 Å². The van der Waals surface area contributed by atoms with E-state index in [1.54, 1.807) is 0 Å². The lowest BCUT2D eigenvalue weighted by atomic mass is 10.3. The average molecular weight is 224 g/mol. The molecule has 94 valence electrons. The van der Waals surface area contributed by atoms with Crippen LogP contribution in [0.1, 0.15) is 20.8 Å². The highest BCUT2D eigenvalue weighted by molar-refractivity contribution is 4.52. The zero-order chi connectivity index (χ0) is 12.3. The third-order valence-electron chi connectivity index (χ3n) is 1.04. The van der Waals surface area contributed by atoms with Crippen LogP contribution in [0.5, 0.6) is 0 Å². The van der Waals surface area contributed by atoms with Gasteiger partial charge in [-0.1, -0.05) is 20.8 Å². The molecule has 0 aromatic heterocycles. The summed E-state index contributed by atoms with van der Waals surface area (Å²) in [7, 11) is 0. The van der Waals surface area contributed by atoms with Crippen LogP contribution in [0, 0.1) is 5.92 Å². The first-order valence-electron chi connectivity index (χ1n) is 5.09. The molecule has 15 heavy (non-hydrogen) atoms. The van der Waals surface area contributed by atoms with E-state index < -0.39 is 12.2 Å². The Labute approximate surface area is 91.3 Å². The summed E-state index contributed by atoms with van der Waals surface area (Å²) < 4.78 is 4.72. The summed E-state index contributed by atoms with van der Waals surface area (Å²) in [4.78, 5) is 0. The van der Waals surface area contributed by atoms with Crippen molar-refractivity contribution in [3.05, 3.63) is 0 Å². The van der Waals surface area contributed by atoms with Crippen LogP contribution in [0.2, 0.25) is 0 Å². The summed E-state index contributed by atoms with van der Waals surface area (Å²) in [5.41, 5.74) is 0. The maximum atomic E-state index is 8.72. The highest BCUT2D eigenvalue weighted by Crippen LogP contribution is 1.87. The van der Waals surface area contributed by atoms with Crippen molar-refractivity contribution in [3.8, 4) is 0 Å². The van der Waals surface area contributed by atoms with Crippen molar-refractivity contribution in [3.63, 3.8) is 0 Å². The first-order chi connectivity index (χ1) is 6.93. The van der Waals surface area contributed by atoms with Gasteiger partial charge in [0.25, 0.3) is 0 Å². The number of ether oxygens (including phenoxy) is 1. The molecule has 0 bridgehead atoms. The van der Waals surface area contributed by atoms with Gasteiger partial charge in [0.2, 0.25) is 0 Å². The van der Waals surface area contributed by atoms with Crippen LogP contribution < -0.4 is 0 Å². The van der Waals surface area contributed by atoms with Crippen molar-refractivity contribution in [2.24, 2.45) is 5.92 Å². The highest BCUT2D eigenvalue weighted by Gasteiger charge is 2.04. The second-order valence-electron chi connectivity index (χ2n) is 3.94. The number of hydrogen-bond donors (Lipinski definition) is 4. The van der Waals surface area contributed by atoms with E-state index in [1.165, 1.54) is 0 Å². The molecule has 4 N–H and O–H groups in total. The van der Waals surface area contributed by atoms with Gasteiger partial charge in [0.15, 0.2) is 0 Å². The molecule has 5 heteroatoms. The molecular formula is C10H24O5. The van der Waals surface area contributed by atoms with Crippen LogP contribution in [0.25, 0.3) is 0 Å². The fourth-order valence-electron chi connectivity index (χ4n) is 0.446. The van der Waals surface area contributed by atoms with E-state index in [-0.39, 0.29) is 26.4 Å². The van der Waals surface area contributed by atoms with Gasteiger partial charge in [-0.15, -0.1) is 0 Å². The van der Waals surface area contributed by atoms with Crippen molar-refractivity contribution >= 4 is 0 Å². The molecule has 2 unspecified atom stereocenters. The summed E-state index contributed by atoms with van der Waals surface area (Å²) >= 11 is 0. The van der Waals surface area contributed by atoms with Gasteiger partial charge in [-0.2, -0.15) is 0 Å². The Morgan fingerprint density at radius 1 is 0.867 bits per heavy atom. The maximum Gasteiger partial charge on any atom is 0.100 e. The number of rotatable bonds is 6. The highest BCUT2D eigenvalue weighted by atomic mass is 16.5. The average Bonchev–Trinajstić information content (AvgIpc) is 2.16. The van der Waals surface area contributed by atoms with Gasteiger partial charge in [0, 0.05) is 0 Å². The number of aliphatic hydroxyl groups excluding tert-OH is 4. The first kappa shape index (κ1) is 17.2. The van der Waals surface area contributed by atoms with Crippen LogP contribution in [0.3, 0.4) is 0 Å². The van der Waals surface area contributed by atoms with Gasteiger partial charge in [0.1, 0.15) is 12.2 Å². The molecule has 5 nitrogen and oxygen atoms in total. The van der Waals surface area contributed by atoms with E-state index in [0.717, 1.165) is 5.92 Å². The molecule has 0 saturated carbocycles. The minimum Gasteiger partial charge on any atom is -0.394 e. The van der Waals surface area contributed by atoms with Gasteiger partial charge in [-0.25, -0.2) is 0 Å². The van der Waals surface area contributed by atoms with Gasteiger partial charge >= 0.3 is 0 Å². The molecule has 0 aliphatic rings. The standard InChI is InChI=1S/C6H14O5.C4H10/c7-1-5(9)3-11-4-6(10)2-8;1-4(2)3/h5-10H,1-4H2;4H,1-3H3. The molecular weight excluding hydrogens is 200 g/mol. The van der Waals surface area contributed by atoms with Crippen molar-refractivity contribution in [1.82, 2.24) is 0 Å². The second-order valence-corrected chi connectivity index (χ2v) is 3.94. The van der Waals surface area contributed by atoms with Crippen LogP contribution in [-0.2, 0) is 4.74 Å². The smallest absolute Gasteiger partial charge is 0.100 e. The Kier molecular flexibility index (Phi) is 13.6. The number of hydrogen-bond acceptors (Lipinski definition) is 5. The largest absolute Gasteiger partial charge is 0.394 e. The van der Waals surface area contributed by atoms with Crippen molar-refractivity contribution in [2.75, 3.05) is 26.4 Å². The van der Waals surface area contributed by atoms with Crippen LogP contribution >= 0.6 is 0 Å². The van der Waals surface area contributed by atoms with Gasteiger partial charge in [-0.3, -0.25) is 0 Å². The molecule has 0 spiro atoms. The van der Waals surface area contributed by atoms with E-state index in [4.69, 9.17) is 25.2 Å². The Morgan fingerprint density at radius 3 is 1.33 bits per heavy atom. The molecule has 0 aromatic rings. The normalized spacial score (nSPS) is 14.4. The molecule has 0 saturated heterocycles. The predicted molar refractivity (Wildman–Crippen MR) is 57.5 cm³/mol. The lowest BCUT2D eigenvalue weighted by Gasteiger charge is -2.10. The summed E-state index contributed by atoms with van der Waals surface area (Å²) in [5, 5.41) is 34.1. The maximum absolute atomic E-state index is 8.72. The van der Waals surface area contributed by atoms with E-state index in [9.17, 15) is 0 Å². The van der Waals surface area contributed by atoms with Gasteiger partial charge < -0.3 is 25.2 Å². The molecule has 0 fully saturated rings. The molecule has 2 atom stereocenters. The summed E-state index contributed by atoms with van der Waals surface area (Å²) in [6, 6.07) is 0. The Bertz CT molecular complexity index is 106. The SMILES string of the molecule is CC(C)C.OCC(O)COCC(O)CO. The quantitative estimate of drug-likeness (QED) is 0.482. The third-order valence-corrected chi connectivity index (χ3v) is 1.04. The van der Waals surface area contributed by atoms with Crippen molar-refractivity contribution in [2.45, 2.75) is 33.0 Å². The van der Waals surface area contributed by atoms with Crippen LogP contribution in [0.15, 0.2) is 0 Å². The Hall–Kier alpha value is -0.200. The Morgan fingerprint density at radius 2 is 1.13 bits per heavy atom. The molecule has 0 aliphatic carbocycles. The topological polar surface area (TPSA) is 90.2 Å². The van der Waals surface area contributed by atoms with E-state index >= 15 is 0 Å². The first-order valence-corrected chi connectivity index (χ1v) is 5.09. The molecule has 0 radical (unpaired) electrons. The fraction of sp³-hybridized carbons (Fsp3) is 1.00. The Balaban J connectivity index is 0. The monoisotopic (exact) mass is 224 g/mol. The zero-order valence-electron chi connectivity index (χ0n) is 9.76. The predicted octanol–water partition coefficient (Wildman–Crippen LogP) is -0.628. The van der Waals surface area contributed by atoms with Crippen molar-refractivity contribution in [1.29, 1.82) is 0 Å². The van der Waals surface area contributed by atoms with Crippen molar-refractivity contribution < 1.29 is 25.2 Å². The molecule has 0 aromatic carbocycles. The summed E-state index contributed by atoms with van der Waals surface area (Å²) in [5.74, 6) is 0.833. The molecule has 0 aliphatic heterocycles. The molecule has 0 amide bonds. The third kappa shape index (κ3) is 20.0. The summed E-state index contributed by atoms with van der Waals surface area (Å²) in [6.07, 6.45) is -1.83. The zero-order valence-corrected chi connectivity index (χ0v) is 9.76. The summed E-state index contributed by atoms with van der Waals surface area (Å²) in [6.45, 7) is 5.70. The lowest BCUT2D eigenvalue weighted by molar-refractivity contribution is -0.0364. The minimum absolute atomic E-state index is 0.0342. The molecule has 0 heterocycles. The van der Waals surface area contributed by atoms with E-state index in [1.807, 2.05) is 0 Å². The lowest BCUT2D eigenvalue weighted by Crippen LogP contribution is -2.25. The van der Waals surface area contributed by atoms with Gasteiger partial charge in [0.05, 0.1) is 26.4 Å². The fourth-order valence-corrected chi connectivity index (χ4v) is 0.446. The molecule has 0 rings (SSSR count). The van der Waals surface area contributed by atoms with Gasteiger partial charge in [-0.05, 0) is 5.92 Å². The number of aliphatic hydroxyl groups is 4. The van der Waals surface area contributed by atoms with Crippen LogP contribution in [0.4, 0.5) is 0 Å². The van der Waals surface area contributed by atoms with Crippen LogP contribution in [-0.4, -0.2) is 59.1 Å². The second kappa shape index (κ2) is 11.9. The minimum atomic E-state index is -0.916. The van der Waals surface area contributed by atoms with E-state index in [2.05, 4.69) is 20.8 Å².